The van der Waals surface area contributed by atoms with Crippen LogP contribution in [0.5, 0.6) is 0 Å². The molecule has 1 aromatic rings. The molecule has 2 rings (SSSR count). The molecule has 1 aromatic heterocycles. The third kappa shape index (κ3) is 1.64. The van der Waals surface area contributed by atoms with Crippen LogP contribution < -0.4 is 0 Å². The van der Waals surface area contributed by atoms with Gasteiger partial charge in [-0.25, -0.2) is 0 Å². The average molecular weight is 310 g/mol. The molecule has 2 atom stereocenters. The minimum Gasteiger partial charge on any atom is -0.151 e. The molecule has 66 valence electrons. The minimum atomic E-state index is 0.698. The SMILES string of the molecule is Brc1cscc1C1CCCC1Br. The van der Waals surface area contributed by atoms with Crippen LogP contribution in [-0.2, 0) is 0 Å². The van der Waals surface area contributed by atoms with Gasteiger partial charge in [0.15, 0.2) is 0 Å². The predicted molar refractivity (Wildman–Crippen MR) is 61.3 cm³/mol. The van der Waals surface area contributed by atoms with Crippen molar-refractivity contribution >= 4 is 43.2 Å². The Labute approximate surface area is 93.6 Å². The van der Waals surface area contributed by atoms with Crippen molar-refractivity contribution in [3.8, 4) is 0 Å². The van der Waals surface area contributed by atoms with Crippen molar-refractivity contribution in [3.05, 3.63) is 20.8 Å². The molecule has 1 saturated carbocycles. The highest BCUT2D eigenvalue weighted by atomic mass is 79.9. The smallest absolute Gasteiger partial charge is 0.0317 e. The molecule has 0 aromatic carbocycles. The lowest BCUT2D eigenvalue weighted by Gasteiger charge is -2.12. The van der Waals surface area contributed by atoms with E-state index in [9.17, 15) is 0 Å². The molecule has 0 nitrogen and oxygen atoms in total. The molecule has 3 heteroatoms. The Balaban J connectivity index is 2.24. The molecule has 0 aliphatic heterocycles. The van der Waals surface area contributed by atoms with Gasteiger partial charge in [0.25, 0.3) is 0 Å². The summed E-state index contributed by atoms with van der Waals surface area (Å²) in [6.07, 6.45) is 4.03. The van der Waals surface area contributed by atoms with Gasteiger partial charge in [-0.3, -0.25) is 0 Å². The van der Waals surface area contributed by atoms with Crippen LogP contribution in [0.1, 0.15) is 30.7 Å². The van der Waals surface area contributed by atoms with Gasteiger partial charge >= 0.3 is 0 Å². The number of thiophene rings is 1. The number of hydrogen-bond acceptors (Lipinski definition) is 1. The molecule has 1 fully saturated rings. The maximum absolute atomic E-state index is 3.74. The van der Waals surface area contributed by atoms with Crippen LogP contribution in [0, 0.1) is 0 Å². The fraction of sp³-hybridized carbons (Fsp3) is 0.556. The van der Waals surface area contributed by atoms with Crippen LogP contribution in [0.4, 0.5) is 0 Å². The highest BCUT2D eigenvalue weighted by molar-refractivity contribution is 9.10. The van der Waals surface area contributed by atoms with Crippen LogP contribution >= 0.6 is 43.2 Å². The molecule has 0 bridgehead atoms. The molecule has 0 spiro atoms. The van der Waals surface area contributed by atoms with Crippen molar-refractivity contribution in [1.82, 2.24) is 0 Å². The molecule has 0 saturated heterocycles. The largest absolute Gasteiger partial charge is 0.151 e. The summed E-state index contributed by atoms with van der Waals surface area (Å²) in [6.45, 7) is 0. The lowest BCUT2D eigenvalue weighted by molar-refractivity contribution is 0.743. The second kappa shape index (κ2) is 3.81. The second-order valence-corrected chi connectivity index (χ2v) is 6.00. The summed E-state index contributed by atoms with van der Waals surface area (Å²) < 4.78 is 1.30. The zero-order valence-electron chi connectivity index (χ0n) is 6.59. The van der Waals surface area contributed by atoms with E-state index in [4.69, 9.17) is 0 Å². The minimum absolute atomic E-state index is 0.698. The first-order valence-corrected chi connectivity index (χ1v) is 6.80. The van der Waals surface area contributed by atoms with Crippen molar-refractivity contribution in [1.29, 1.82) is 0 Å². The Bertz CT molecular complexity index is 269. The van der Waals surface area contributed by atoms with Gasteiger partial charge in [-0.15, -0.1) is 0 Å². The maximum Gasteiger partial charge on any atom is 0.0317 e. The molecule has 12 heavy (non-hydrogen) atoms. The third-order valence-corrected chi connectivity index (χ3v) is 5.32. The van der Waals surface area contributed by atoms with Crippen LogP contribution in [0.25, 0.3) is 0 Å². The first-order valence-electron chi connectivity index (χ1n) is 4.14. The molecule has 0 amide bonds. The Morgan fingerprint density at radius 1 is 1.33 bits per heavy atom. The molecule has 2 unspecified atom stereocenters. The van der Waals surface area contributed by atoms with E-state index >= 15 is 0 Å². The average Bonchev–Trinajstić information content (AvgIpc) is 2.59. The van der Waals surface area contributed by atoms with Gasteiger partial charge < -0.3 is 0 Å². The van der Waals surface area contributed by atoms with Crippen LogP contribution in [0.3, 0.4) is 0 Å². The summed E-state index contributed by atoms with van der Waals surface area (Å²) in [5.41, 5.74) is 1.50. The molecule has 0 radical (unpaired) electrons. The van der Waals surface area contributed by atoms with E-state index in [2.05, 4.69) is 42.6 Å². The fourth-order valence-electron chi connectivity index (χ4n) is 1.82. The Morgan fingerprint density at radius 3 is 2.67 bits per heavy atom. The number of alkyl halides is 1. The predicted octanol–water partition coefficient (Wildman–Crippen LogP) is 4.54. The lowest BCUT2D eigenvalue weighted by atomic mass is 10.0. The maximum atomic E-state index is 3.74. The monoisotopic (exact) mass is 308 g/mol. The van der Waals surface area contributed by atoms with Gasteiger partial charge in [0, 0.05) is 14.7 Å². The van der Waals surface area contributed by atoms with E-state index in [1.54, 1.807) is 11.3 Å². The Kier molecular flexibility index (Phi) is 2.93. The van der Waals surface area contributed by atoms with Crippen LogP contribution in [0.2, 0.25) is 0 Å². The quantitative estimate of drug-likeness (QED) is 0.668. The summed E-state index contributed by atoms with van der Waals surface area (Å²) >= 11 is 9.12. The van der Waals surface area contributed by atoms with Crippen LogP contribution in [0.15, 0.2) is 15.2 Å². The molecular formula is C9H10Br2S. The number of halogens is 2. The van der Waals surface area contributed by atoms with Crippen molar-refractivity contribution in [2.75, 3.05) is 0 Å². The topological polar surface area (TPSA) is 0 Å². The molecule has 0 N–H and O–H groups in total. The van der Waals surface area contributed by atoms with Gasteiger partial charge in [0.05, 0.1) is 0 Å². The van der Waals surface area contributed by atoms with E-state index in [-0.39, 0.29) is 0 Å². The first-order chi connectivity index (χ1) is 5.79. The van der Waals surface area contributed by atoms with Crippen LogP contribution in [-0.4, -0.2) is 4.83 Å². The van der Waals surface area contributed by atoms with E-state index in [1.807, 2.05) is 0 Å². The van der Waals surface area contributed by atoms with Gasteiger partial charge in [-0.05, 0) is 45.6 Å². The molecule has 1 aliphatic rings. The Hall–Kier alpha value is 0.660. The van der Waals surface area contributed by atoms with Crippen molar-refractivity contribution in [3.63, 3.8) is 0 Å². The van der Waals surface area contributed by atoms with Crippen molar-refractivity contribution < 1.29 is 0 Å². The zero-order chi connectivity index (χ0) is 8.55. The fourth-order valence-corrected chi connectivity index (χ4v) is 4.35. The molecular weight excluding hydrogens is 300 g/mol. The van der Waals surface area contributed by atoms with Gasteiger partial charge in [0.1, 0.15) is 0 Å². The zero-order valence-corrected chi connectivity index (χ0v) is 10.6. The summed E-state index contributed by atoms with van der Waals surface area (Å²) in [4.78, 5) is 0.698. The van der Waals surface area contributed by atoms with Gasteiger partial charge in [0.2, 0.25) is 0 Å². The molecule has 1 heterocycles. The van der Waals surface area contributed by atoms with Crippen molar-refractivity contribution in [2.45, 2.75) is 30.0 Å². The second-order valence-electron chi connectivity index (χ2n) is 3.23. The number of hydrogen-bond donors (Lipinski definition) is 0. The van der Waals surface area contributed by atoms with E-state index in [1.165, 1.54) is 29.3 Å². The highest BCUT2D eigenvalue weighted by Gasteiger charge is 2.27. The Morgan fingerprint density at radius 2 is 2.17 bits per heavy atom. The summed E-state index contributed by atoms with van der Waals surface area (Å²) in [5, 5.41) is 4.45. The van der Waals surface area contributed by atoms with Gasteiger partial charge in [-0.1, -0.05) is 22.4 Å². The summed E-state index contributed by atoms with van der Waals surface area (Å²) in [5.74, 6) is 0.741. The standard InChI is InChI=1S/C9H10Br2S/c10-8-3-1-2-6(8)7-4-12-5-9(7)11/h4-6,8H,1-3H2. The third-order valence-electron chi connectivity index (χ3n) is 2.47. The normalized spacial score (nSPS) is 29.5. The summed E-state index contributed by atoms with van der Waals surface area (Å²) in [7, 11) is 0. The van der Waals surface area contributed by atoms with E-state index < -0.39 is 0 Å². The lowest BCUT2D eigenvalue weighted by Crippen LogP contribution is -2.03. The van der Waals surface area contributed by atoms with E-state index in [0.717, 1.165) is 5.92 Å². The highest BCUT2D eigenvalue weighted by Crippen LogP contribution is 2.42. The summed E-state index contributed by atoms with van der Waals surface area (Å²) in [6, 6.07) is 0. The van der Waals surface area contributed by atoms with Gasteiger partial charge in [-0.2, -0.15) is 11.3 Å². The van der Waals surface area contributed by atoms with E-state index in [0.29, 0.717) is 4.83 Å². The molecule has 1 aliphatic carbocycles. The number of rotatable bonds is 1. The first kappa shape index (κ1) is 9.22. The van der Waals surface area contributed by atoms with Crippen molar-refractivity contribution in [2.24, 2.45) is 0 Å².